The smallest absolute Gasteiger partial charge is 0.119 e. The first kappa shape index (κ1) is 12.0. The molecule has 1 aromatic carbocycles. The lowest BCUT2D eigenvalue weighted by Gasteiger charge is -2.25. The average molecular weight is 245 g/mol. The zero-order valence-electron chi connectivity index (χ0n) is 11.0. The molecule has 0 saturated heterocycles. The van der Waals surface area contributed by atoms with Crippen molar-refractivity contribution in [2.24, 2.45) is 11.8 Å². The third-order valence-corrected chi connectivity index (χ3v) is 4.09. The van der Waals surface area contributed by atoms with Gasteiger partial charge in [0.25, 0.3) is 0 Å². The average Bonchev–Trinajstić information content (AvgIpc) is 3.13. The van der Waals surface area contributed by atoms with Crippen LogP contribution in [-0.2, 0) is 6.54 Å². The van der Waals surface area contributed by atoms with Gasteiger partial charge < -0.3 is 10.1 Å². The normalized spacial score (nSPS) is 19.6. The Morgan fingerprint density at radius 1 is 1.00 bits per heavy atom. The minimum atomic E-state index is 0.810. The van der Waals surface area contributed by atoms with Crippen molar-refractivity contribution in [2.45, 2.75) is 38.6 Å². The molecule has 1 N–H and O–H groups in total. The van der Waals surface area contributed by atoms with E-state index in [9.17, 15) is 0 Å². The van der Waals surface area contributed by atoms with Gasteiger partial charge in [-0.25, -0.2) is 0 Å². The van der Waals surface area contributed by atoms with Crippen LogP contribution < -0.4 is 10.1 Å². The summed E-state index contributed by atoms with van der Waals surface area (Å²) in [5.74, 6) is 2.79. The summed E-state index contributed by atoms with van der Waals surface area (Å²) in [6.45, 7) is 3.07. The molecule has 0 aliphatic heterocycles. The van der Waals surface area contributed by atoms with E-state index in [1.165, 1.54) is 44.2 Å². The van der Waals surface area contributed by atoms with Crippen molar-refractivity contribution in [1.29, 1.82) is 0 Å². The minimum absolute atomic E-state index is 0.810. The lowest BCUT2D eigenvalue weighted by Crippen LogP contribution is -2.19. The lowest BCUT2D eigenvalue weighted by molar-refractivity contribution is 0.180. The molecule has 2 nitrogen and oxygen atoms in total. The van der Waals surface area contributed by atoms with Crippen LogP contribution in [0.4, 0.5) is 0 Å². The van der Waals surface area contributed by atoms with Crippen LogP contribution in [0.15, 0.2) is 24.3 Å². The van der Waals surface area contributed by atoms with Crippen LogP contribution in [-0.4, -0.2) is 13.2 Å². The summed E-state index contributed by atoms with van der Waals surface area (Å²) in [6, 6.07) is 8.56. The maximum atomic E-state index is 5.80. The van der Waals surface area contributed by atoms with E-state index in [4.69, 9.17) is 4.74 Å². The SMILES string of the molecule is c1cc(OCC2CCC2)ccc1CNCC1CC1. The third kappa shape index (κ3) is 3.49. The van der Waals surface area contributed by atoms with Crippen molar-refractivity contribution in [3.63, 3.8) is 0 Å². The van der Waals surface area contributed by atoms with Gasteiger partial charge in [-0.1, -0.05) is 18.6 Å². The van der Waals surface area contributed by atoms with Gasteiger partial charge in [-0.3, -0.25) is 0 Å². The van der Waals surface area contributed by atoms with E-state index < -0.39 is 0 Å². The summed E-state index contributed by atoms with van der Waals surface area (Å²) in [5.41, 5.74) is 1.35. The first-order valence-electron chi connectivity index (χ1n) is 7.32. The molecule has 0 spiro atoms. The molecule has 0 aromatic heterocycles. The van der Waals surface area contributed by atoms with E-state index in [-0.39, 0.29) is 0 Å². The van der Waals surface area contributed by atoms with Crippen LogP contribution in [0.3, 0.4) is 0 Å². The van der Waals surface area contributed by atoms with Gasteiger partial charge in [-0.2, -0.15) is 0 Å². The maximum Gasteiger partial charge on any atom is 0.119 e. The summed E-state index contributed by atoms with van der Waals surface area (Å²) in [6.07, 6.45) is 6.92. The molecular formula is C16H23NO. The molecule has 2 fully saturated rings. The second kappa shape index (κ2) is 5.75. The van der Waals surface area contributed by atoms with Crippen molar-refractivity contribution >= 4 is 0 Å². The molecule has 18 heavy (non-hydrogen) atoms. The fourth-order valence-electron chi connectivity index (χ4n) is 2.32. The summed E-state index contributed by atoms with van der Waals surface area (Å²) >= 11 is 0. The largest absolute Gasteiger partial charge is 0.493 e. The van der Waals surface area contributed by atoms with Gasteiger partial charge in [0.1, 0.15) is 5.75 Å². The second-order valence-corrected chi connectivity index (χ2v) is 5.83. The molecule has 0 bridgehead atoms. The lowest BCUT2D eigenvalue weighted by atomic mass is 9.86. The van der Waals surface area contributed by atoms with Crippen molar-refractivity contribution in [3.8, 4) is 5.75 Å². The molecule has 2 saturated carbocycles. The molecule has 98 valence electrons. The summed E-state index contributed by atoms with van der Waals surface area (Å²) < 4.78 is 5.80. The number of hydrogen-bond acceptors (Lipinski definition) is 2. The summed E-state index contributed by atoms with van der Waals surface area (Å²) in [5, 5.41) is 3.51. The predicted octanol–water partition coefficient (Wildman–Crippen LogP) is 3.37. The Balaban J connectivity index is 1.39. The molecule has 2 aliphatic carbocycles. The Labute approximate surface area is 110 Å². The zero-order chi connectivity index (χ0) is 12.2. The van der Waals surface area contributed by atoms with Crippen LogP contribution in [0.2, 0.25) is 0 Å². The highest BCUT2D eigenvalue weighted by atomic mass is 16.5. The summed E-state index contributed by atoms with van der Waals surface area (Å²) in [7, 11) is 0. The molecule has 0 atom stereocenters. The van der Waals surface area contributed by atoms with E-state index in [1.807, 2.05) is 0 Å². The van der Waals surface area contributed by atoms with Crippen LogP contribution >= 0.6 is 0 Å². The number of benzene rings is 1. The molecular weight excluding hydrogens is 222 g/mol. The Hall–Kier alpha value is -1.02. The molecule has 0 amide bonds. The molecule has 0 radical (unpaired) electrons. The van der Waals surface area contributed by atoms with E-state index in [2.05, 4.69) is 29.6 Å². The van der Waals surface area contributed by atoms with Gasteiger partial charge in [-0.15, -0.1) is 0 Å². The van der Waals surface area contributed by atoms with Crippen LogP contribution in [0.25, 0.3) is 0 Å². The molecule has 1 aromatic rings. The molecule has 2 aliphatic rings. The van der Waals surface area contributed by atoms with E-state index in [0.717, 1.165) is 30.7 Å². The fourth-order valence-corrected chi connectivity index (χ4v) is 2.32. The van der Waals surface area contributed by atoms with Crippen molar-refractivity contribution in [3.05, 3.63) is 29.8 Å². The highest BCUT2D eigenvalue weighted by molar-refractivity contribution is 5.27. The summed E-state index contributed by atoms with van der Waals surface area (Å²) in [4.78, 5) is 0. The molecule has 2 heteroatoms. The van der Waals surface area contributed by atoms with Gasteiger partial charge in [0.2, 0.25) is 0 Å². The Morgan fingerprint density at radius 2 is 1.78 bits per heavy atom. The first-order valence-corrected chi connectivity index (χ1v) is 7.32. The first-order chi connectivity index (χ1) is 8.90. The highest BCUT2D eigenvalue weighted by Crippen LogP contribution is 2.28. The number of hydrogen-bond donors (Lipinski definition) is 1. The molecule has 0 heterocycles. The highest BCUT2D eigenvalue weighted by Gasteiger charge is 2.20. The van der Waals surface area contributed by atoms with Crippen LogP contribution in [0.1, 0.15) is 37.7 Å². The van der Waals surface area contributed by atoms with Crippen molar-refractivity contribution < 1.29 is 4.74 Å². The third-order valence-electron chi connectivity index (χ3n) is 4.09. The standard InChI is InChI=1S/C16H23NO/c1-2-15(3-1)12-18-16-8-6-14(7-9-16)11-17-10-13-4-5-13/h6-9,13,15,17H,1-5,10-12H2. The van der Waals surface area contributed by atoms with E-state index in [0.29, 0.717) is 0 Å². The quantitative estimate of drug-likeness (QED) is 0.795. The second-order valence-electron chi connectivity index (χ2n) is 5.83. The van der Waals surface area contributed by atoms with Gasteiger partial charge in [0.05, 0.1) is 6.61 Å². The predicted molar refractivity (Wildman–Crippen MR) is 73.7 cm³/mol. The van der Waals surface area contributed by atoms with E-state index in [1.54, 1.807) is 0 Å². The van der Waals surface area contributed by atoms with Crippen molar-refractivity contribution in [2.75, 3.05) is 13.2 Å². The monoisotopic (exact) mass is 245 g/mol. The number of nitrogens with one attached hydrogen (secondary N) is 1. The van der Waals surface area contributed by atoms with Crippen molar-refractivity contribution in [1.82, 2.24) is 5.32 Å². The van der Waals surface area contributed by atoms with Gasteiger partial charge in [0.15, 0.2) is 0 Å². The topological polar surface area (TPSA) is 21.3 Å². The van der Waals surface area contributed by atoms with Gasteiger partial charge in [-0.05, 0) is 61.8 Å². The van der Waals surface area contributed by atoms with Gasteiger partial charge in [0, 0.05) is 6.54 Å². The zero-order valence-corrected chi connectivity index (χ0v) is 11.0. The van der Waals surface area contributed by atoms with Crippen LogP contribution in [0.5, 0.6) is 5.75 Å². The molecule has 0 unspecified atom stereocenters. The Morgan fingerprint density at radius 3 is 2.39 bits per heavy atom. The van der Waals surface area contributed by atoms with Gasteiger partial charge >= 0.3 is 0 Å². The molecule has 3 rings (SSSR count). The Kier molecular flexibility index (Phi) is 3.84. The number of ether oxygens (including phenoxy) is 1. The minimum Gasteiger partial charge on any atom is -0.493 e. The Bertz CT molecular complexity index is 365. The fraction of sp³-hybridized carbons (Fsp3) is 0.625. The van der Waals surface area contributed by atoms with Crippen LogP contribution in [0, 0.1) is 11.8 Å². The number of rotatable bonds is 7. The maximum absolute atomic E-state index is 5.80. The van der Waals surface area contributed by atoms with E-state index >= 15 is 0 Å².